The van der Waals surface area contributed by atoms with E-state index in [2.05, 4.69) is 20.1 Å². The van der Waals surface area contributed by atoms with Crippen molar-refractivity contribution in [3.05, 3.63) is 27.5 Å². The molecule has 1 unspecified atom stereocenters. The van der Waals surface area contributed by atoms with E-state index in [1.807, 2.05) is 0 Å². The van der Waals surface area contributed by atoms with Crippen LogP contribution in [0.2, 0.25) is 0 Å². The molecule has 0 aliphatic heterocycles. The van der Waals surface area contributed by atoms with Crippen molar-refractivity contribution in [2.45, 2.75) is 17.5 Å². The van der Waals surface area contributed by atoms with Crippen LogP contribution < -0.4 is 0 Å². The lowest BCUT2D eigenvalue weighted by molar-refractivity contribution is 0.0895. The highest BCUT2D eigenvalue weighted by Crippen LogP contribution is 2.37. The molecule has 0 radical (unpaired) electrons. The van der Waals surface area contributed by atoms with E-state index in [1.165, 1.54) is 0 Å². The minimum absolute atomic E-state index is 0.143. The smallest absolute Gasteiger partial charge is 0.291 e. The van der Waals surface area contributed by atoms with Crippen LogP contribution in [0.1, 0.15) is 15.9 Å². The molecule has 0 bridgehead atoms. The number of benzene rings is 1. The minimum Gasteiger partial charge on any atom is -0.291 e. The van der Waals surface area contributed by atoms with Crippen LogP contribution in [-0.4, -0.2) is 27.5 Å². The first-order chi connectivity index (χ1) is 8.29. The minimum atomic E-state index is -4.41. The quantitative estimate of drug-likeness (QED) is 0.772. The highest BCUT2D eigenvalue weighted by atomic mass is 79.9. The second kappa shape index (κ2) is 4.36. The Bertz CT molecular complexity index is 642. The molecule has 8 heteroatoms. The number of carbonyl (C=O) groups excluding carboxylic acids is 1. The zero-order chi connectivity index (χ0) is 13.7. The number of alkyl halides is 1. The number of hydrogen-bond donors (Lipinski definition) is 0. The summed E-state index contributed by atoms with van der Waals surface area (Å²) in [6.45, 7) is 0. The molecule has 0 amide bonds. The second-order valence-corrected chi connectivity index (χ2v) is 6.18. The van der Waals surface area contributed by atoms with Gasteiger partial charge in [0.05, 0.1) is 7.11 Å². The summed E-state index contributed by atoms with van der Waals surface area (Å²) in [6, 6.07) is 0.885. The lowest BCUT2D eigenvalue weighted by Gasteiger charge is -2.09. The zero-order valence-electron chi connectivity index (χ0n) is 9.04. The molecule has 0 fully saturated rings. The Hall–Kier alpha value is -0.860. The third-order valence-electron chi connectivity index (χ3n) is 2.67. The first kappa shape index (κ1) is 13.6. The van der Waals surface area contributed by atoms with Gasteiger partial charge in [0.2, 0.25) is 0 Å². The van der Waals surface area contributed by atoms with E-state index in [9.17, 15) is 22.0 Å². The van der Waals surface area contributed by atoms with Crippen molar-refractivity contribution in [2.24, 2.45) is 0 Å². The average molecular weight is 341 g/mol. The van der Waals surface area contributed by atoms with Crippen molar-refractivity contribution in [3.63, 3.8) is 0 Å². The fraction of sp³-hybridized carbons (Fsp3) is 0.300. The van der Waals surface area contributed by atoms with Gasteiger partial charge in [-0.15, -0.1) is 0 Å². The van der Waals surface area contributed by atoms with Gasteiger partial charge in [-0.05, 0) is 11.6 Å². The first-order valence-electron chi connectivity index (χ1n) is 4.79. The number of rotatable bonds is 2. The summed E-state index contributed by atoms with van der Waals surface area (Å²) in [4.78, 5) is 10.7. The SMILES string of the molecule is COS(=O)(=O)c1c(F)cc(Br)c2c1C(=O)C(F)C2. The predicted octanol–water partition coefficient (Wildman–Crippen LogP) is 2.00. The van der Waals surface area contributed by atoms with Gasteiger partial charge in [0.1, 0.15) is 10.7 Å². The largest absolute Gasteiger partial charge is 0.300 e. The van der Waals surface area contributed by atoms with Crippen molar-refractivity contribution in [1.82, 2.24) is 0 Å². The normalized spacial score (nSPS) is 19.1. The monoisotopic (exact) mass is 340 g/mol. The number of carbonyl (C=O) groups is 1. The summed E-state index contributed by atoms with van der Waals surface area (Å²) >= 11 is 2.98. The number of halogens is 3. The average Bonchev–Trinajstić information content (AvgIpc) is 2.57. The molecule has 0 saturated heterocycles. The fourth-order valence-electron chi connectivity index (χ4n) is 1.86. The van der Waals surface area contributed by atoms with Gasteiger partial charge >= 0.3 is 0 Å². The second-order valence-electron chi connectivity index (χ2n) is 3.68. The highest BCUT2D eigenvalue weighted by Gasteiger charge is 2.39. The van der Waals surface area contributed by atoms with Crippen LogP contribution in [0.25, 0.3) is 0 Å². The fourth-order valence-corrected chi connectivity index (χ4v) is 3.36. The molecule has 1 atom stereocenters. The van der Waals surface area contributed by atoms with Gasteiger partial charge in [0.25, 0.3) is 10.1 Å². The standard InChI is InChI=1S/C10H7BrF2O4S/c1-17-18(15,16)10-7(13)3-5(11)4-2-6(12)9(14)8(4)10/h3,6H,2H2,1H3. The summed E-state index contributed by atoms with van der Waals surface area (Å²) in [7, 11) is -3.57. The molecule has 0 heterocycles. The number of fused-ring (bicyclic) bond motifs is 1. The van der Waals surface area contributed by atoms with Gasteiger partial charge in [-0.3, -0.25) is 8.98 Å². The molecule has 2 rings (SSSR count). The summed E-state index contributed by atoms with van der Waals surface area (Å²) in [6.07, 6.45) is -2.13. The van der Waals surface area contributed by atoms with Crippen LogP contribution in [0, 0.1) is 5.82 Å². The lowest BCUT2D eigenvalue weighted by atomic mass is 10.1. The molecule has 1 aromatic rings. The number of hydrogen-bond acceptors (Lipinski definition) is 4. The van der Waals surface area contributed by atoms with Gasteiger partial charge in [0, 0.05) is 16.5 Å². The van der Waals surface area contributed by atoms with E-state index in [-0.39, 0.29) is 16.5 Å². The number of Topliss-reactive ketones (excluding diaryl/α,β-unsaturated/α-hetero) is 1. The van der Waals surface area contributed by atoms with E-state index < -0.39 is 38.3 Å². The van der Waals surface area contributed by atoms with Crippen LogP contribution in [0.3, 0.4) is 0 Å². The van der Waals surface area contributed by atoms with Gasteiger partial charge in [-0.25, -0.2) is 8.78 Å². The van der Waals surface area contributed by atoms with Crippen molar-refractivity contribution in [2.75, 3.05) is 7.11 Å². The van der Waals surface area contributed by atoms with Crippen LogP contribution >= 0.6 is 15.9 Å². The van der Waals surface area contributed by atoms with Crippen molar-refractivity contribution < 1.29 is 26.2 Å². The van der Waals surface area contributed by atoms with Crippen molar-refractivity contribution in [1.29, 1.82) is 0 Å². The van der Waals surface area contributed by atoms with Crippen LogP contribution in [-0.2, 0) is 20.7 Å². The molecule has 1 aromatic carbocycles. The van der Waals surface area contributed by atoms with E-state index in [0.717, 1.165) is 13.2 Å². The third-order valence-corrected chi connectivity index (χ3v) is 4.72. The predicted molar refractivity (Wildman–Crippen MR) is 61.2 cm³/mol. The van der Waals surface area contributed by atoms with E-state index >= 15 is 0 Å². The van der Waals surface area contributed by atoms with E-state index in [4.69, 9.17) is 0 Å². The molecule has 18 heavy (non-hydrogen) atoms. The van der Waals surface area contributed by atoms with Crippen LogP contribution in [0.4, 0.5) is 8.78 Å². The maximum Gasteiger partial charge on any atom is 0.300 e. The van der Waals surface area contributed by atoms with E-state index in [1.54, 1.807) is 0 Å². The molecule has 0 N–H and O–H groups in total. The summed E-state index contributed by atoms with van der Waals surface area (Å²) < 4.78 is 54.6. The molecule has 0 aromatic heterocycles. The van der Waals surface area contributed by atoms with E-state index in [0.29, 0.717) is 0 Å². The summed E-state index contributed by atoms with van der Waals surface area (Å²) in [5.74, 6) is -2.19. The Kier molecular flexibility index (Phi) is 3.28. The zero-order valence-corrected chi connectivity index (χ0v) is 11.4. The first-order valence-corrected chi connectivity index (χ1v) is 6.99. The highest BCUT2D eigenvalue weighted by molar-refractivity contribution is 9.10. The molecule has 0 saturated carbocycles. The van der Waals surface area contributed by atoms with Crippen LogP contribution in [0.5, 0.6) is 0 Å². The molecular weight excluding hydrogens is 334 g/mol. The third kappa shape index (κ3) is 1.88. The van der Waals surface area contributed by atoms with Crippen molar-refractivity contribution in [3.8, 4) is 0 Å². The van der Waals surface area contributed by atoms with Gasteiger partial charge in [-0.2, -0.15) is 8.42 Å². The Morgan fingerprint density at radius 3 is 2.67 bits per heavy atom. The molecule has 4 nitrogen and oxygen atoms in total. The maximum atomic E-state index is 13.7. The van der Waals surface area contributed by atoms with Gasteiger partial charge in [-0.1, -0.05) is 15.9 Å². The van der Waals surface area contributed by atoms with Crippen LogP contribution in [0.15, 0.2) is 15.4 Å². The molecule has 1 aliphatic rings. The summed E-state index contributed by atoms with van der Waals surface area (Å²) in [5.41, 5.74) is -0.319. The topological polar surface area (TPSA) is 60.4 Å². The molecular formula is C10H7BrF2O4S. The Labute approximate surface area is 110 Å². The molecule has 1 aliphatic carbocycles. The molecule has 98 valence electrons. The molecule has 0 spiro atoms. The Morgan fingerprint density at radius 2 is 2.11 bits per heavy atom. The van der Waals surface area contributed by atoms with Gasteiger partial charge in [0.15, 0.2) is 12.0 Å². The lowest BCUT2D eigenvalue weighted by Crippen LogP contribution is -2.15. The number of ketones is 1. The maximum absolute atomic E-state index is 13.7. The van der Waals surface area contributed by atoms with Crippen molar-refractivity contribution >= 4 is 31.8 Å². The Balaban J connectivity index is 2.86. The summed E-state index contributed by atoms with van der Waals surface area (Å²) in [5, 5.41) is 0. The van der Waals surface area contributed by atoms with Gasteiger partial charge < -0.3 is 0 Å². The Morgan fingerprint density at radius 1 is 1.50 bits per heavy atom.